The molecule has 1 saturated heterocycles. The zero-order valence-electron chi connectivity index (χ0n) is 15.5. The number of hydrogen-bond donors (Lipinski definition) is 2. The molecule has 150 valence electrons. The van der Waals surface area contributed by atoms with Gasteiger partial charge in [-0.15, -0.1) is 0 Å². The molecular weight excluding hydrogens is 358 g/mol. The van der Waals surface area contributed by atoms with Gasteiger partial charge in [-0.3, -0.25) is 9.59 Å². The first-order chi connectivity index (χ1) is 12.3. The van der Waals surface area contributed by atoms with Crippen molar-refractivity contribution in [2.24, 2.45) is 0 Å². The average molecular weight is 390 g/mol. The van der Waals surface area contributed by atoms with Crippen LogP contribution in [0, 0.1) is 0 Å². The van der Waals surface area contributed by atoms with Crippen LogP contribution in [0.1, 0.15) is 71.1 Å². The Bertz CT molecular complexity index is 599. The Labute approximate surface area is 156 Å². The zero-order valence-corrected chi connectivity index (χ0v) is 16.3. The van der Waals surface area contributed by atoms with Crippen molar-refractivity contribution in [2.75, 3.05) is 12.3 Å². The SMILES string of the molecule is CCCCCC(O)=CCC1N(CCCCCCC(=O)O)C(=O)CS1(=O)=O. The van der Waals surface area contributed by atoms with Crippen molar-refractivity contribution in [3.8, 4) is 0 Å². The first-order valence-electron chi connectivity index (χ1n) is 9.38. The molecule has 1 aliphatic heterocycles. The number of carbonyl (C=O) groups is 2. The fourth-order valence-electron chi connectivity index (χ4n) is 3.06. The molecule has 1 heterocycles. The van der Waals surface area contributed by atoms with Gasteiger partial charge in [-0.25, -0.2) is 8.42 Å². The Morgan fingerprint density at radius 3 is 2.42 bits per heavy atom. The van der Waals surface area contributed by atoms with E-state index in [0.717, 1.165) is 32.1 Å². The number of carboxylic acids is 1. The number of aliphatic hydroxyl groups excluding tert-OH is 1. The van der Waals surface area contributed by atoms with Gasteiger partial charge in [-0.2, -0.15) is 0 Å². The molecule has 1 amide bonds. The minimum absolute atomic E-state index is 0.116. The van der Waals surface area contributed by atoms with E-state index in [4.69, 9.17) is 5.11 Å². The van der Waals surface area contributed by atoms with Crippen LogP contribution in [0.15, 0.2) is 11.8 Å². The highest BCUT2D eigenvalue weighted by Gasteiger charge is 2.42. The van der Waals surface area contributed by atoms with Gasteiger partial charge < -0.3 is 15.1 Å². The van der Waals surface area contributed by atoms with Gasteiger partial charge in [0.1, 0.15) is 11.1 Å². The predicted molar refractivity (Wildman–Crippen MR) is 99.5 cm³/mol. The number of carboxylic acid groups (broad SMARTS) is 1. The molecule has 0 radical (unpaired) electrons. The molecule has 0 aromatic carbocycles. The van der Waals surface area contributed by atoms with Crippen LogP contribution in [-0.4, -0.2) is 53.1 Å². The third kappa shape index (κ3) is 7.76. The fourth-order valence-corrected chi connectivity index (χ4v) is 4.76. The molecule has 26 heavy (non-hydrogen) atoms. The van der Waals surface area contributed by atoms with E-state index in [1.165, 1.54) is 11.0 Å². The van der Waals surface area contributed by atoms with Crippen molar-refractivity contribution in [3.63, 3.8) is 0 Å². The molecule has 0 aromatic rings. The summed E-state index contributed by atoms with van der Waals surface area (Å²) in [6.07, 6.45) is 7.91. The van der Waals surface area contributed by atoms with Crippen LogP contribution < -0.4 is 0 Å². The number of nitrogens with zero attached hydrogens (tertiary/aromatic N) is 1. The first kappa shape index (κ1) is 22.5. The Morgan fingerprint density at radius 2 is 1.77 bits per heavy atom. The van der Waals surface area contributed by atoms with E-state index in [9.17, 15) is 23.1 Å². The van der Waals surface area contributed by atoms with Gasteiger partial charge in [0.05, 0.1) is 5.76 Å². The van der Waals surface area contributed by atoms with Gasteiger partial charge in [0.2, 0.25) is 5.91 Å². The summed E-state index contributed by atoms with van der Waals surface area (Å²) in [6, 6.07) is 0. The number of aliphatic hydroxyl groups is 1. The molecule has 0 aliphatic carbocycles. The number of unbranched alkanes of at least 4 members (excludes halogenated alkanes) is 5. The van der Waals surface area contributed by atoms with Crippen molar-refractivity contribution in [2.45, 2.75) is 76.5 Å². The second-order valence-corrected chi connectivity index (χ2v) is 8.95. The van der Waals surface area contributed by atoms with E-state index < -0.39 is 26.9 Å². The summed E-state index contributed by atoms with van der Waals surface area (Å²) in [5.41, 5.74) is 0. The molecule has 2 N–H and O–H groups in total. The molecule has 1 fully saturated rings. The smallest absolute Gasteiger partial charge is 0.303 e. The maximum atomic E-state index is 12.2. The van der Waals surface area contributed by atoms with Crippen molar-refractivity contribution in [1.82, 2.24) is 4.90 Å². The van der Waals surface area contributed by atoms with E-state index in [-0.39, 0.29) is 24.5 Å². The fraction of sp³-hybridized carbons (Fsp3) is 0.778. The van der Waals surface area contributed by atoms with Gasteiger partial charge >= 0.3 is 5.97 Å². The standard InChI is InChI=1S/C18H31NO6S/c1-2-3-6-9-15(20)11-12-17-19(16(21)14-26(17,24)25)13-8-5-4-7-10-18(22)23/h11,17,20H,2-10,12-14H2,1H3,(H,22,23). The topological polar surface area (TPSA) is 112 Å². The molecule has 1 atom stereocenters. The van der Waals surface area contributed by atoms with E-state index in [2.05, 4.69) is 6.92 Å². The van der Waals surface area contributed by atoms with Crippen LogP contribution in [0.4, 0.5) is 0 Å². The largest absolute Gasteiger partial charge is 0.513 e. The summed E-state index contributed by atoms with van der Waals surface area (Å²) in [6.45, 7) is 2.41. The number of allylic oxidation sites excluding steroid dienone is 1. The summed E-state index contributed by atoms with van der Waals surface area (Å²) >= 11 is 0. The molecular formula is C18H31NO6S. The molecule has 0 spiro atoms. The highest BCUT2D eigenvalue weighted by Crippen LogP contribution is 2.24. The molecule has 8 heteroatoms. The number of hydrogen-bond acceptors (Lipinski definition) is 5. The van der Waals surface area contributed by atoms with Crippen LogP contribution in [0.25, 0.3) is 0 Å². The molecule has 0 aromatic heterocycles. The van der Waals surface area contributed by atoms with Crippen LogP contribution in [-0.2, 0) is 19.4 Å². The highest BCUT2D eigenvalue weighted by atomic mass is 32.2. The Kier molecular flexibility index (Phi) is 9.69. The summed E-state index contributed by atoms with van der Waals surface area (Å²) < 4.78 is 24.5. The zero-order chi connectivity index (χ0) is 19.6. The third-order valence-electron chi connectivity index (χ3n) is 4.54. The van der Waals surface area contributed by atoms with Gasteiger partial charge in [0.15, 0.2) is 9.84 Å². The monoisotopic (exact) mass is 389 g/mol. The molecule has 7 nitrogen and oxygen atoms in total. The second-order valence-electron chi connectivity index (χ2n) is 6.80. The van der Waals surface area contributed by atoms with Gasteiger partial charge in [-0.1, -0.05) is 32.6 Å². The number of rotatable bonds is 13. The minimum atomic E-state index is -3.52. The third-order valence-corrected chi connectivity index (χ3v) is 6.46. The molecule has 0 bridgehead atoms. The average Bonchev–Trinajstić information content (AvgIpc) is 2.77. The Balaban J connectivity index is 2.52. The summed E-state index contributed by atoms with van der Waals surface area (Å²) in [5, 5.41) is 17.6. The lowest BCUT2D eigenvalue weighted by atomic mass is 10.1. The number of carbonyl (C=O) groups excluding carboxylic acids is 1. The molecule has 1 aliphatic rings. The lowest BCUT2D eigenvalue weighted by Gasteiger charge is -2.22. The van der Waals surface area contributed by atoms with Crippen LogP contribution in [0.5, 0.6) is 0 Å². The van der Waals surface area contributed by atoms with Gasteiger partial charge in [0, 0.05) is 25.8 Å². The first-order valence-corrected chi connectivity index (χ1v) is 11.1. The summed E-state index contributed by atoms with van der Waals surface area (Å²) in [5.74, 6) is -1.50. The van der Waals surface area contributed by atoms with Crippen molar-refractivity contribution < 1.29 is 28.2 Å². The lowest BCUT2D eigenvalue weighted by molar-refractivity contribution is -0.137. The van der Waals surface area contributed by atoms with Crippen molar-refractivity contribution >= 4 is 21.7 Å². The molecule has 1 rings (SSSR count). The molecule has 1 unspecified atom stereocenters. The summed E-state index contributed by atoms with van der Waals surface area (Å²) in [4.78, 5) is 23.9. The summed E-state index contributed by atoms with van der Waals surface area (Å²) in [7, 11) is -3.52. The van der Waals surface area contributed by atoms with Crippen molar-refractivity contribution in [1.29, 1.82) is 0 Å². The molecule has 0 saturated carbocycles. The Morgan fingerprint density at radius 1 is 1.12 bits per heavy atom. The van der Waals surface area contributed by atoms with Crippen LogP contribution in [0.2, 0.25) is 0 Å². The van der Waals surface area contributed by atoms with E-state index in [1.54, 1.807) is 0 Å². The number of sulfone groups is 1. The second kappa shape index (κ2) is 11.2. The van der Waals surface area contributed by atoms with Crippen molar-refractivity contribution in [3.05, 3.63) is 11.8 Å². The number of amides is 1. The maximum absolute atomic E-state index is 12.2. The van der Waals surface area contributed by atoms with Crippen LogP contribution >= 0.6 is 0 Å². The predicted octanol–water partition coefficient (Wildman–Crippen LogP) is 3.02. The van der Waals surface area contributed by atoms with E-state index >= 15 is 0 Å². The maximum Gasteiger partial charge on any atom is 0.303 e. The van der Waals surface area contributed by atoms with E-state index in [1.807, 2.05) is 0 Å². The quantitative estimate of drug-likeness (QED) is 0.370. The lowest BCUT2D eigenvalue weighted by Crippen LogP contribution is -2.36. The minimum Gasteiger partial charge on any atom is -0.513 e. The highest BCUT2D eigenvalue weighted by molar-refractivity contribution is 7.93. The normalized spacial score (nSPS) is 19.9. The Hall–Kier alpha value is -1.57. The van der Waals surface area contributed by atoms with Gasteiger partial charge in [0.25, 0.3) is 0 Å². The van der Waals surface area contributed by atoms with Gasteiger partial charge in [-0.05, 0) is 25.3 Å². The number of aliphatic carboxylic acids is 1. The van der Waals surface area contributed by atoms with Crippen LogP contribution in [0.3, 0.4) is 0 Å². The van der Waals surface area contributed by atoms with E-state index in [0.29, 0.717) is 25.8 Å².